The van der Waals surface area contributed by atoms with Crippen molar-refractivity contribution in [3.05, 3.63) is 53.6 Å². The summed E-state index contributed by atoms with van der Waals surface area (Å²) in [5.74, 6) is -2.93. The number of nitrogens with one attached hydrogen (secondary N) is 1. The predicted octanol–water partition coefficient (Wildman–Crippen LogP) is 1.88. The van der Waals surface area contributed by atoms with E-state index in [9.17, 15) is 19.1 Å². The van der Waals surface area contributed by atoms with Crippen LogP contribution >= 0.6 is 0 Å². The van der Waals surface area contributed by atoms with E-state index in [1.54, 1.807) is 0 Å². The molecular formula is C13H9FN2O4. The summed E-state index contributed by atoms with van der Waals surface area (Å²) in [6, 6.07) is 4.19. The van der Waals surface area contributed by atoms with E-state index in [0.29, 0.717) is 0 Å². The summed E-state index contributed by atoms with van der Waals surface area (Å²) in [7, 11) is 0. The number of rotatable bonds is 3. The number of pyridine rings is 1. The van der Waals surface area contributed by atoms with E-state index in [1.807, 2.05) is 0 Å². The molecule has 0 spiro atoms. The molecule has 0 bridgehead atoms. The van der Waals surface area contributed by atoms with Gasteiger partial charge in [-0.15, -0.1) is 0 Å². The van der Waals surface area contributed by atoms with E-state index in [4.69, 9.17) is 5.11 Å². The number of aromatic hydroxyl groups is 1. The van der Waals surface area contributed by atoms with Crippen LogP contribution in [0.5, 0.6) is 5.75 Å². The third-order valence-corrected chi connectivity index (χ3v) is 2.45. The first-order chi connectivity index (χ1) is 9.47. The Bertz CT molecular complexity index is 688. The summed E-state index contributed by atoms with van der Waals surface area (Å²) >= 11 is 0. The van der Waals surface area contributed by atoms with E-state index >= 15 is 0 Å². The number of aromatic carboxylic acids is 1. The van der Waals surface area contributed by atoms with Crippen LogP contribution in [0.3, 0.4) is 0 Å². The van der Waals surface area contributed by atoms with E-state index < -0.39 is 17.7 Å². The Morgan fingerprint density at radius 1 is 1.15 bits per heavy atom. The molecule has 0 aliphatic rings. The maximum atomic E-state index is 13.5. The van der Waals surface area contributed by atoms with Gasteiger partial charge < -0.3 is 15.5 Å². The molecule has 6 nitrogen and oxygen atoms in total. The number of hydrogen-bond donors (Lipinski definition) is 3. The van der Waals surface area contributed by atoms with Gasteiger partial charge >= 0.3 is 5.97 Å². The van der Waals surface area contributed by atoms with Gasteiger partial charge in [0.1, 0.15) is 11.6 Å². The lowest BCUT2D eigenvalue weighted by molar-refractivity contribution is 0.0696. The van der Waals surface area contributed by atoms with Crippen molar-refractivity contribution in [2.45, 2.75) is 0 Å². The minimum Gasteiger partial charge on any atom is -0.506 e. The summed E-state index contributed by atoms with van der Waals surface area (Å²) in [5, 5.41) is 20.2. The first-order valence-corrected chi connectivity index (χ1v) is 5.45. The molecule has 0 unspecified atom stereocenters. The van der Waals surface area contributed by atoms with E-state index in [1.165, 1.54) is 6.20 Å². The van der Waals surface area contributed by atoms with Crippen LogP contribution in [0.25, 0.3) is 0 Å². The van der Waals surface area contributed by atoms with E-state index in [0.717, 1.165) is 30.5 Å². The molecule has 0 saturated heterocycles. The highest BCUT2D eigenvalue weighted by molar-refractivity contribution is 6.04. The quantitative estimate of drug-likeness (QED) is 0.794. The second kappa shape index (κ2) is 5.35. The zero-order valence-electron chi connectivity index (χ0n) is 10.0. The van der Waals surface area contributed by atoms with Crippen molar-refractivity contribution in [3.63, 3.8) is 0 Å². The minimum atomic E-state index is -1.24. The zero-order valence-corrected chi connectivity index (χ0v) is 10.0. The van der Waals surface area contributed by atoms with Crippen LogP contribution in [0.4, 0.5) is 10.1 Å². The normalized spacial score (nSPS) is 10.1. The van der Waals surface area contributed by atoms with E-state index in [2.05, 4.69) is 10.3 Å². The molecule has 102 valence electrons. The van der Waals surface area contributed by atoms with Gasteiger partial charge in [-0.05, 0) is 24.3 Å². The molecule has 1 heterocycles. The second-order valence-electron chi connectivity index (χ2n) is 3.89. The molecular weight excluding hydrogens is 267 g/mol. The molecule has 0 fully saturated rings. The molecule has 1 aromatic carbocycles. The molecule has 0 atom stereocenters. The maximum Gasteiger partial charge on any atom is 0.335 e. The Labute approximate surface area is 112 Å². The molecule has 2 aromatic rings. The summed E-state index contributed by atoms with van der Waals surface area (Å²) in [4.78, 5) is 26.2. The average molecular weight is 276 g/mol. The van der Waals surface area contributed by atoms with Crippen molar-refractivity contribution in [1.82, 2.24) is 4.98 Å². The molecule has 7 heteroatoms. The monoisotopic (exact) mass is 276 g/mol. The molecule has 0 aliphatic carbocycles. The SMILES string of the molecule is O=C(O)c1ccc(F)c(NC(=O)c2cncc(O)c2)c1. The van der Waals surface area contributed by atoms with Crippen molar-refractivity contribution in [3.8, 4) is 5.75 Å². The third-order valence-electron chi connectivity index (χ3n) is 2.45. The van der Waals surface area contributed by atoms with Crippen LogP contribution < -0.4 is 5.32 Å². The lowest BCUT2D eigenvalue weighted by Gasteiger charge is -2.07. The van der Waals surface area contributed by atoms with Gasteiger partial charge in [0.2, 0.25) is 0 Å². The smallest absolute Gasteiger partial charge is 0.335 e. The Morgan fingerprint density at radius 2 is 1.90 bits per heavy atom. The number of anilines is 1. The largest absolute Gasteiger partial charge is 0.506 e. The Morgan fingerprint density at radius 3 is 2.55 bits per heavy atom. The summed E-state index contributed by atoms with van der Waals surface area (Å²) in [6.07, 6.45) is 2.33. The van der Waals surface area contributed by atoms with Crippen LogP contribution in [0.2, 0.25) is 0 Å². The van der Waals surface area contributed by atoms with E-state index in [-0.39, 0.29) is 22.6 Å². The lowest BCUT2D eigenvalue weighted by atomic mass is 10.2. The van der Waals surface area contributed by atoms with Crippen LogP contribution in [0.15, 0.2) is 36.7 Å². The molecule has 3 N–H and O–H groups in total. The number of benzene rings is 1. The van der Waals surface area contributed by atoms with Crippen molar-refractivity contribution in [1.29, 1.82) is 0 Å². The number of carboxylic acids is 1. The fourth-order valence-corrected chi connectivity index (χ4v) is 1.50. The maximum absolute atomic E-state index is 13.5. The molecule has 2 rings (SSSR count). The fraction of sp³-hybridized carbons (Fsp3) is 0. The average Bonchev–Trinajstić information content (AvgIpc) is 2.41. The highest BCUT2D eigenvalue weighted by atomic mass is 19.1. The molecule has 1 amide bonds. The fourth-order valence-electron chi connectivity index (χ4n) is 1.50. The van der Waals surface area contributed by atoms with Gasteiger partial charge in [-0.3, -0.25) is 9.78 Å². The Balaban J connectivity index is 2.27. The molecule has 20 heavy (non-hydrogen) atoms. The van der Waals surface area contributed by atoms with Gasteiger partial charge in [-0.25, -0.2) is 9.18 Å². The van der Waals surface area contributed by atoms with Crippen LogP contribution in [-0.2, 0) is 0 Å². The van der Waals surface area contributed by atoms with Crippen molar-refractivity contribution in [2.24, 2.45) is 0 Å². The summed E-state index contributed by atoms with van der Waals surface area (Å²) < 4.78 is 13.5. The van der Waals surface area contributed by atoms with Crippen molar-refractivity contribution < 1.29 is 24.2 Å². The predicted molar refractivity (Wildman–Crippen MR) is 67.2 cm³/mol. The van der Waals surface area contributed by atoms with Crippen molar-refractivity contribution in [2.75, 3.05) is 5.32 Å². The number of halogens is 1. The lowest BCUT2D eigenvalue weighted by Crippen LogP contribution is -2.14. The first kappa shape index (κ1) is 13.5. The zero-order chi connectivity index (χ0) is 14.7. The molecule has 0 aliphatic heterocycles. The highest BCUT2D eigenvalue weighted by Gasteiger charge is 2.13. The third kappa shape index (κ3) is 2.89. The van der Waals surface area contributed by atoms with Gasteiger partial charge in [0.25, 0.3) is 5.91 Å². The number of carboxylic acid groups (broad SMARTS) is 1. The van der Waals surface area contributed by atoms with Gasteiger partial charge in [0.05, 0.1) is 23.0 Å². The van der Waals surface area contributed by atoms with Crippen LogP contribution in [0, 0.1) is 5.82 Å². The van der Waals surface area contributed by atoms with Crippen LogP contribution in [0.1, 0.15) is 20.7 Å². The number of nitrogens with zero attached hydrogens (tertiary/aromatic N) is 1. The van der Waals surface area contributed by atoms with Gasteiger partial charge in [-0.2, -0.15) is 0 Å². The number of carbonyl (C=O) groups excluding carboxylic acids is 1. The standard InChI is InChI=1S/C13H9FN2O4/c14-10-2-1-7(13(19)20)4-11(10)16-12(18)8-3-9(17)6-15-5-8/h1-6,17H,(H,16,18)(H,19,20). The van der Waals surface area contributed by atoms with Gasteiger partial charge in [0, 0.05) is 6.20 Å². The summed E-state index contributed by atoms with van der Waals surface area (Å²) in [5.41, 5.74) is -0.404. The first-order valence-electron chi connectivity index (χ1n) is 5.45. The molecule has 1 aromatic heterocycles. The minimum absolute atomic E-state index is 0.0186. The topological polar surface area (TPSA) is 99.5 Å². The Hall–Kier alpha value is -2.96. The van der Waals surface area contributed by atoms with Crippen LogP contribution in [-0.4, -0.2) is 27.1 Å². The van der Waals surface area contributed by atoms with Gasteiger partial charge in [-0.1, -0.05) is 0 Å². The number of hydrogen-bond acceptors (Lipinski definition) is 4. The molecule has 0 saturated carbocycles. The van der Waals surface area contributed by atoms with Gasteiger partial charge in [0.15, 0.2) is 0 Å². The number of aromatic nitrogens is 1. The summed E-state index contributed by atoms with van der Waals surface area (Å²) in [6.45, 7) is 0. The number of amides is 1. The number of carbonyl (C=O) groups is 2. The second-order valence-corrected chi connectivity index (χ2v) is 3.89. The van der Waals surface area contributed by atoms with Crippen molar-refractivity contribution >= 4 is 17.6 Å². The molecule has 0 radical (unpaired) electrons. The Kier molecular flexibility index (Phi) is 3.60. The highest BCUT2D eigenvalue weighted by Crippen LogP contribution is 2.18.